The number of H-pyrrole nitrogens is 1. The van der Waals surface area contributed by atoms with Crippen LogP contribution in [0.5, 0.6) is 0 Å². The number of rotatable bonds is 14. The molecule has 30 heteroatoms. The second kappa shape index (κ2) is 34.2. The van der Waals surface area contributed by atoms with Crippen molar-refractivity contribution in [1.82, 2.24) is 40.9 Å². The van der Waals surface area contributed by atoms with E-state index in [4.69, 9.17) is 20.3 Å². The van der Waals surface area contributed by atoms with Crippen LogP contribution < -0.4 is 51.1 Å². The first-order valence-electron chi connectivity index (χ1n) is 25.5. The second-order valence-corrected chi connectivity index (χ2v) is 26.2. The Morgan fingerprint density at radius 2 is 1.02 bits per heavy atom. The Balaban J connectivity index is 0.000000176. The molecule has 450 valence electrons. The fraction of sp³-hybridized carbons (Fsp3) is 0.102. The minimum Gasteiger partial charge on any atom is -0.544 e. The van der Waals surface area contributed by atoms with Gasteiger partial charge in [0.2, 0.25) is 0 Å². The van der Waals surface area contributed by atoms with Crippen LogP contribution in [-0.4, -0.2) is 91.0 Å². The van der Waals surface area contributed by atoms with Crippen LogP contribution >= 0.6 is 120 Å². The van der Waals surface area contributed by atoms with Crippen LogP contribution in [0, 0.1) is 0 Å². The van der Waals surface area contributed by atoms with E-state index in [0.717, 1.165) is 70.2 Å². The number of pyridine rings is 5. The molecule has 0 aliphatic rings. The summed E-state index contributed by atoms with van der Waals surface area (Å²) in [6.45, 7) is -0.234. The van der Waals surface area contributed by atoms with Crippen molar-refractivity contribution in [3.05, 3.63) is 217 Å². The Morgan fingerprint density at radius 3 is 1.51 bits per heavy atom. The summed E-state index contributed by atoms with van der Waals surface area (Å²) in [5.74, 6) is -3.76. The summed E-state index contributed by atoms with van der Waals surface area (Å²) < 4.78 is 18.9. The molecule has 10 aromatic heterocycles. The molecular weight excluding hydrogens is 1500 g/mol. The zero-order chi connectivity index (χ0) is 62.7. The summed E-state index contributed by atoms with van der Waals surface area (Å²) in [4.78, 5) is 103. The molecule has 2 aromatic carbocycles. The van der Waals surface area contributed by atoms with E-state index in [1.807, 2.05) is 89.6 Å². The standard InChI is InChI=1S/C26H22BrN3O5S.C11H10BrN3O3S.C8H4BrNO2S.C7H4BrNS.C7H5NOS.Li/c27-19-11-12-28-20-13-22(36-23(19)20)24(31)29-14-21(25(32)34-15-17-7-3-1-4-8-17)30-26(33)35-16-18-9-5-2-6-10-18;12-5-1-2-14-7-3-8(19-9(5)7)10(16)15-4-6(13)11(17)18;9-4-1-2-10-5-3-6(8(11)12)13-7(4)5;8-5-1-3-9-6-2-4-10-7(5)6;9-6-1-3-8-5-2-4-10-7(5)6;/h1-13,21H,14-16H2,(H,29,31)(H,30,33);1-3,6H,4,13H2,(H,15,16)(H,17,18);1-3H,(H,11,12);1-4H;1-4H,(H,8,9);/q;;;;;+1/p-1/t21-;6-;;;;/m11..../s1. The molecule has 3 amide bonds. The summed E-state index contributed by atoms with van der Waals surface area (Å²) in [6, 6.07) is 33.7. The average Bonchev–Trinajstić information content (AvgIpc) is 4.64. The van der Waals surface area contributed by atoms with Crippen molar-refractivity contribution in [2.75, 3.05) is 13.1 Å². The quantitative estimate of drug-likeness (QED) is 0.0437. The van der Waals surface area contributed by atoms with Gasteiger partial charge < -0.3 is 51.1 Å². The van der Waals surface area contributed by atoms with Crippen molar-refractivity contribution in [2.24, 2.45) is 5.73 Å². The Labute approximate surface area is 571 Å². The number of benzene rings is 2. The fourth-order valence-corrected chi connectivity index (χ4v) is 13.9. The number of esters is 1. The van der Waals surface area contributed by atoms with Crippen molar-refractivity contribution in [3.63, 3.8) is 0 Å². The predicted molar refractivity (Wildman–Crippen MR) is 356 cm³/mol. The minimum atomic E-state index is -1.16. The third kappa shape index (κ3) is 19.9. The van der Waals surface area contributed by atoms with E-state index in [2.05, 4.69) is 105 Å². The van der Waals surface area contributed by atoms with Crippen molar-refractivity contribution in [1.29, 1.82) is 0 Å². The summed E-state index contributed by atoms with van der Waals surface area (Å²) in [7, 11) is 0. The van der Waals surface area contributed by atoms with Crippen LogP contribution in [0.3, 0.4) is 0 Å². The van der Waals surface area contributed by atoms with E-state index >= 15 is 0 Å². The number of aromatic nitrogens is 5. The van der Waals surface area contributed by atoms with Crippen LogP contribution in [0.2, 0.25) is 0 Å². The molecule has 0 unspecified atom stereocenters. The van der Waals surface area contributed by atoms with Gasteiger partial charge in [-0.25, -0.2) is 9.59 Å². The normalized spacial score (nSPS) is 11.2. The Morgan fingerprint density at radius 1 is 0.573 bits per heavy atom. The molecule has 10 heterocycles. The molecule has 0 bridgehead atoms. The van der Waals surface area contributed by atoms with E-state index in [1.165, 1.54) is 44.8 Å². The molecule has 0 radical (unpaired) electrons. The number of aliphatic carboxylic acids is 1. The maximum atomic E-state index is 12.8. The molecular formula is C59H44Br4LiN9O11S5. The van der Waals surface area contributed by atoms with Crippen LogP contribution in [0.25, 0.3) is 51.1 Å². The Kier molecular flexibility index (Phi) is 26.6. The van der Waals surface area contributed by atoms with E-state index in [9.17, 15) is 38.7 Å². The molecule has 2 atom stereocenters. The smallest absolute Gasteiger partial charge is 0.544 e. The third-order valence-corrected chi connectivity index (χ3v) is 20.7. The number of carboxylic acid groups (broad SMARTS) is 2. The van der Waals surface area contributed by atoms with Gasteiger partial charge in [0.25, 0.3) is 11.8 Å². The number of nitrogens with zero attached hydrogens (tertiary/aromatic N) is 4. The number of aromatic amines is 1. The van der Waals surface area contributed by atoms with Crippen LogP contribution in [0.1, 0.15) is 40.1 Å². The number of carbonyl (C=O) groups excluding carboxylic acids is 5. The zero-order valence-corrected chi connectivity index (χ0v) is 56.4. The van der Waals surface area contributed by atoms with E-state index in [-0.39, 0.29) is 61.4 Å². The number of carbonyl (C=O) groups is 6. The van der Waals surface area contributed by atoms with Gasteiger partial charge in [-0.3, -0.25) is 39.1 Å². The van der Waals surface area contributed by atoms with E-state index in [0.29, 0.717) is 26.3 Å². The predicted octanol–water partition coefficient (Wildman–Crippen LogP) is 9.10. The number of aromatic carboxylic acids is 1. The molecule has 12 rings (SSSR count). The number of alkyl carbamates (subject to hydrolysis) is 1. The van der Waals surface area contributed by atoms with Gasteiger partial charge in [-0.2, -0.15) is 0 Å². The van der Waals surface area contributed by atoms with Crippen LogP contribution in [0.15, 0.2) is 186 Å². The second-order valence-electron chi connectivity index (χ2n) is 17.8. The van der Waals surface area contributed by atoms with Gasteiger partial charge in [-0.1, -0.05) is 60.7 Å². The molecule has 0 aliphatic heterocycles. The Hall–Kier alpha value is -7.11. The number of amides is 3. The third-order valence-electron chi connectivity index (χ3n) is 11.7. The van der Waals surface area contributed by atoms with Gasteiger partial charge in [0.1, 0.15) is 25.3 Å². The van der Waals surface area contributed by atoms with E-state index < -0.39 is 42.0 Å². The number of nitrogens with two attached hydrogens (primary N) is 1. The van der Waals surface area contributed by atoms with Gasteiger partial charge in [-0.15, -0.1) is 56.7 Å². The molecule has 0 aliphatic carbocycles. The molecule has 89 heavy (non-hydrogen) atoms. The molecule has 0 saturated carbocycles. The monoisotopic (exact) mass is 1540 g/mol. The first kappa shape index (κ1) is 69.4. The molecule has 20 nitrogen and oxygen atoms in total. The van der Waals surface area contributed by atoms with Crippen molar-refractivity contribution in [3.8, 4) is 0 Å². The van der Waals surface area contributed by atoms with E-state index in [1.54, 1.807) is 78.7 Å². The maximum absolute atomic E-state index is 12.8. The topological polar surface area (TPSA) is 311 Å². The molecule has 0 spiro atoms. The number of ether oxygens (including phenoxy) is 2. The summed E-state index contributed by atoms with van der Waals surface area (Å²) >= 11 is 20.5. The maximum Gasteiger partial charge on any atom is 1.00 e. The number of nitrogens with one attached hydrogen (secondary N) is 4. The number of hydrogen-bond acceptors (Lipinski definition) is 20. The van der Waals surface area contributed by atoms with Gasteiger partial charge in [-0.05, 0) is 140 Å². The summed E-state index contributed by atoms with van der Waals surface area (Å²) in [5, 5.41) is 30.8. The molecule has 0 saturated heterocycles. The van der Waals surface area contributed by atoms with Gasteiger partial charge in [0.05, 0.1) is 71.7 Å². The first-order chi connectivity index (χ1) is 42.4. The molecule has 12 aromatic rings. The fourth-order valence-electron chi connectivity index (χ4n) is 7.37. The number of carboxylic acids is 2. The minimum absolute atomic E-state index is 0. The van der Waals surface area contributed by atoms with Gasteiger partial charge in [0.15, 0.2) is 5.43 Å². The molecule has 7 N–H and O–H groups in total. The van der Waals surface area contributed by atoms with Crippen LogP contribution in [0.4, 0.5) is 4.79 Å². The van der Waals surface area contributed by atoms with Crippen molar-refractivity contribution >= 4 is 207 Å². The average molecular weight is 1540 g/mol. The van der Waals surface area contributed by atoms with Crippen LogP contribution in [-0.2, 0) is 32.3 Å². The first-order valence-corrected chi connectivity index (χ1v) is 32.9. The molecule has 0 fully saturated rings. The van der Waals surface area contributed by atoms with Gasteiger partial charge in [0, 0.05) is 68.0 Å². The Bertz CT molecular complexity index is 4480. The van der Waals surface area contributed by atoms with Crippen molar-refractivity contribution < 1.29 is 67.3 Å². The van der Waals surface area contributed by atoms with Crippen molar-refractivity contribution in [2.45, 2.75) is 25.3 Å². The largest absolute Gasteiger partial charge is 1.00 e. The zero-order valence-electron chi connectivity index (χ0n) is 46.0. The summed E-state index contributed by atoms with van der Waals surface area (Å²) in [6.07, 6.45) is 7.57. The number of fused-ring (bicyclic) bond motifs is 5. The number of hydrogen-bond donors (Lipinski definition) is 6. The SMILES string of the molecule is Brc1ccnc2ccsc12.N[C@H](CNC(=O)c1cc2nccc(Br)c2s1)C(=O)O.O=C(N[C@H](CNC(=O)c1cc2nccc(Br)c2s1)C(=O)OCc1ccccc1)OCc1ccccc1.O=C([O-])c1cc2nccc(Br)c2s1.O=c1cc[nH]c2ccsc12.[Li+]. The summed E-state index contributed by atoms with van der Waals surface area (Å²) in [5.41, 5.74) is 11.1. The number of thiophene rings is 5. The van der Waals surface area contributed by atoms with Gasteiger partial charge >= 0.3 is 36.9 Å². The number of halogens is 4.